The van der Waals surface area contributed by atoms with Gasteiger partial charge < -0.3 is 5.73 Å². The van der Waals surface area contributed by atoms with Crippen LogP contribution in [0.3, 0.4) is 0 Å². The molecule has 0 amide bonds. The van der Waals surface area contributed by atoms with Crippen molar-refractivity contribution in [3.63, 3.8) is 0 Å². The van der Waals surface area contributed by atoms with Crippen LogP contribution >= 0.6 is 11.3 Å². The van der Waals surface area contributed by atoms with Crippen molar-refractivity contribution in [2.24, 2.45) is 5.73 Å². The Labute approximate surface area is 98.7 Å². The van der Waals surface area contributed by atoms with Gasteiger partial charge in [-0.25, -0.2) is 4.39 Å². The van der Waals surface area contributed by atoms with Gasteiger partial charge in [-0.15, -0.1) is 0 Å². The minimum absolute atomic E-state index is 0.00425. The summed E-state index contributed by atoms with van der Waals surface area (Å²) in [5, 5.41) is 4.08. The Hall–Kier alpha value is -1.19. The zero-order chi connectivity index (χ0) is 11.5. The Morgan fingerprint density at radius 2 is 2.19 bits per heavy atom. The van der Waals surface area contributed by atoms with Crippen molar-refractivity contribution in [1.29, 1.82) is 0 Å². The van der Waals surface area contributed by atoms with E-state index in [-0.39, 0.29) is 11.9 Å². The molecule has 1 aromatic heterocycles. The number of halogens is 1. The van der Waals surface area contributed by atoms with Gasteiger partial charge in [-0.05, 0) is 59.0 Å². The van der Waals surface area contributed by atoms with E-state index >= 15 is 0 Å². The summed E-state index contributed by atoms with van der Waals surface area (Å²) in [5.74, 6) is -0.189. The van der Waals surface area contributed by atoms with E-state index in [2.05, 4.69) is 5.38 Å². The highest BCUT2D eigenvalue weighted by atomic mass is 32.1. The summed E-state index contributed by atoms with van der Waals surface area (Å²) in [5.41, 5.74) is 9.31. The molecule has 1 aromatic carbocycles. The SMILES string of the molecule is Cc1cc(F)ccc1CC(N)c1ccsc1. The van der Waals surface area contributed by atoms with Gasteiger partial charge in [-0.3, -0.25) is 0 Å². The summed E-state index contributed by atoms with van der Waals surface area (Å²) in [4.78, 5) is 0. The summed E-state index contributed by atoms with van der Waals surface area (Å²) in [6.07, 6.45) is 0.753. The maximum absolute atomic E-state index is 12.9. The lowest BCUT2D eigenvalue weighted by molar-refractivity contribution is 0.624. The molecule has 0 bridgehead atoms. The van der Waals surface area contributed by atoms with Gasteiger partial charge in [0.15, 0.2) is 0 Å². The lowest BCUT2D eigenvalue weighted by Crippen LogP contribution is -2.13. The fraction of sp³-hybridized carbons (Fsp3) is 0.231. The predicted octanol–water partition coefficient (Wildman–Crippen LogP) is 3.44. The highest BCUT2D eigenvalue weighted by Gasteiger charge is 2.09. The van der Waals surface area contributed by atoms with Crippen molar-refractivity contribution in [1.82, 2.24) is 0 Å². The van der Waals surface area contributed by atoms with Crippen LogP contribution in [0.2, 0.25) is 0 Å². The van der Waals surface area contributed by atoms with E-state index in [1.165, 1.54) is 6.07 Å². The zero-order valence-electron chi connectivity index (χ0n) is 9.11. The lowest BCUT2D eigenvalue weighted by atomic mass is 9.98. The Balaban J connectivity index is 2.15. The third-order valence-corrected chi connectivity index (χ3v) is 3.42. The Morgan fingerprint density at radius 1 is 1.38 bits per heavy atom. The number of aryl methyl sites for hydroxylation is 1. The van der Waals surface area contributed by atoms with Crippen LogP contribution in [0.5, 0.6) is 0 Å². The van der Waals surface area contributed by atoms with Gasteiger partial charge in [0.2, 0.25) is 0 Å². The number of thiophene rings is 1. The molecule has 84 valence electrons. The smallest absolute Gasteiger partial charge is 0.123 e. The summed E-state index contributed by atoms with van der Waals surface area (Å²) in [6.45, 7) is 1.92. The molecule has 0 radical (unpaired) electrons. The highest BCUT2D eigenvalue weighted by molar-refractivity contribution is 7.07. The predicted molar refractivity (Wildman–Crippen MR) is 66.1 cm³/mol. The van der Waals surface area contributed by atoms with E-state index < -0.39 is 0 Å². The van der Waals surface area contributed by atoms with Gasteiger partial charge in [0, 0.05) is 6.04 Å². The average Bonchev–Trinajstić information content (AvgIpc) is 2.75. The molecule has 2 aromatic rings. The Bertz CT molecular complexity index is 465. The zero-order valence-corrected chi connectivity index (χ0v) is 9.93. The molecule has 0 fully saturated rings. The quantitative estimate of drug-likeness (QED) is 0.866. The number of rotatable bonds is 3. The van der Waals surface area contributed by atoms with Gasteiger partial charge in [-0.1, -0.05) is 6.07 Å². The van der Waals surface area contributed by atoms with Crippen LogP contribution in [0.15, 0.2) is 35.0 Å². The molecule has 3 heteroatoms. The molecule has 2 rings (SSSR count). The number of nitrogens with two attached hydrogens (primary N) is 1. The minimum atomic E-state index is -0.189. The summed E-state index contributed by atoms with van der Waals surface area (Å²) < 4.78 is 12.9. The molecule has 1 atom stereocenters. The number of hydrogen-bond donors (Lipinski definition) is 1. The van der Waals surface area contributed by atoms with Crippen molar-refractivity contribution in [3.8, 4) is 0 Å². The minimum Gasteiger partial charge on any atom is -0.324 e. The van der Waals surface area contributed by atoms with E-state index in [9.17, 15) is 4.39 Å². The first-order valence-corrected chi connectivity index (χ1v) is 6.14. The molecule has 1 heterocycles. The topological polar surface area (TPSA) is 26.0 Å². The monoisotopic (exact) mass is 235 g/mol. The van der Waals surface area contributed by atoms with Crippen LogP contribution in [-0.2, 0) is 6.42 Å². The van der Waals surface area contributed by atoms with Crippen molar-refractivity contribution >= 4 is 11.3 Å². The van der Waals surface area contributed by atoms with Gasteiger partial charge in [-0.2, -0.15) is 11.3 Å². The van der Waals surface area contributed by atoms with Gasteiger partial charge in [0.1, 0.15) is 5.82 Å². The molecule has 16 heavy (non-hydrogen) atoms. The standard InChI is InChI=1S/C13H14FNS/c1-9-6-12(14)3-2-10(9)7-13(15)11-4-5-16-8-11/h2-6,8,13H,7,15H2,1H3. The molecule has 0 aliphatic heterocycles. The third-order valence-electron chi connectivity index (χ3n) is 2.72. The van der Waals surface area contributed by atoms with Crippen LogP contribution in [0.1, 0.15) is 22.7 Å². The largest absolute Gasteiger partial charge is 0.324 e. The number of hydrogen-bond acceptors (Lipinski definition) is 2. The molecule has 1 unspecified atom stereocenters. The summed E-state index contributed by atoms with van der Waals surface area (Å²) in [7, 11) is 0. The summed E-state index contributed by atoms with van der Waals surface area (Å²) >= 11 is 1.65. The molecule has 0 saturated heterocycles. The molecule has 0 aliphatic rings. The first-order chi connectivity index (χ1) is 7.66. The van der Waals surface area contributed by atoms with Crippen LogP contribution < -0.4 is 5.73 Å². The molecule has 2 N–H and O–H groups in total. The normalized spacial score (nSPS) is 12.7. The maximum Gasteiger partial charge on any atom is 0.123 e. The lowest BCUT2D eigenvalue weighted by Gasteiger charge is -2.12. The van der Waals surface area contributed by atoms with E-state index in [1.54, 1.807) is 17.4 Å². The van der Waals surface area contributed by atoms with Crippen molar-refractivity contribution in [2.75, 3.05) is 0 Å². The van der Waals surface area contributed by atoms with Crippen LogP contribution in [0.4, 0.5) is 4.39 Å². The van der Waals surface area contributed by atoms with E-state index in [0.717, 1.165) is 23.1 Å². The third kappa shape index (κ3) is 2.49. The van der Waals surface area contributed by atoms with Gasteiger partial charge in [0.25, 0.3) is 0 Å². The van der Waals surface area contributed by atoms with Gasteiger partial charge in [0.05, 0.1) is 0 Å². The Kier molecular flexibility index (Phi) is 3.36. The first-order valence-electron chi connectivity index (χ1n) is 5.19. The van der Waals surface area contributed by atoms with Gasteiger partial charge >= 0.3 is 0 Å². The molecular weight excluding hydrogens is 221 g/mol. The second kappa shape index (κ2) is 4.76. The first kappa shape index (κ1) is 11.3. The molecule has 0 aliphatic carbocycles. The van der Waals surface area contributed by atoms with Crippen molar-refractivity contribution < 1.29 is 4.39 Å². The van der Waals surface area contributed by atoms with Crippen LogP contribution in [0.25, 0.3) is 0 Å². The molecule has 0 spiro atoms. The van der Waals surface area contributed by atoms with E-state index in [1.807, 2.05) is 24.4 Å². The fourth-order valence-electron chi connectivity index (χ4n) is 1.73. The van der Waals surface area contributed by atoms with Crippen molar-refractivity contribution in [3.05, 3.63) is 57.5 Å². The molecular formula is C13H14FNS. The average molecular weight is 235 g/mol. The van der Waals surface area contributed by atoms with E-state index in [4.69, 9.17) is 5.73 Å². The molecule has 1 nitrogen and oxygen atoms in total. The fourth-order valence-corrected chi connectivity index (χ4v) is 2.45. The van der Waals surface area contributed by atoms with Crippen LogP contribution in [-0.4, -0.2) is 0 Å². The Morgan fingerprint density at radius 3 is 2.81 bits per heavy atom. The second-order valence-electron chi connectivity index (χ2n) is 3.94. The second-order valence-corrected chi connectivity index (χ2v) is 4.72. The van der Waals surface area contributed by atoms with E-state index in [0.29, 0.717) is 0 Å². The highest BCUT2D eigenvalue weighted by Crippen LogP contribution is 2.20. The van der Waals surface area contributed by atoms with Crippen LogP contribution in [0, 0.1) is 12.7 Å². The number of benzene rings is 1. The van der Waals surface area contributed by atoms with Crippen molar-refractivity contribution in [2.45, 2.75) is 19.4 Å². The summed E-state index contributed by atoms with van der Waals surface area (Å²) in [6, 6.07) is 6.89. The maximum atomic E-state index is 12.9. The molecule has 0 saturated carbocycles.